The third-order valence-corrected chi connectivity index (χ3v) is 4.36. The highest BCUT2D eigenvalue weighted by molar-refractivity contribution is 5.96. The van der Waals surface area contributed by atoms with Crippen LogP contribution < -0.4 is 5.32 Å². The number of imidazole rings is 1. The van der Waals surface area contributed by atoms with Crippen molar-refractivity contribution in [3.8, 4) is 0 Å². The zero-order valence-electron chi connectivity index (χ0n) is 15.0. The molecule has 4 aromatic rings. The van der Waals surface area contributed by atoms with Gasteiger partial charge in [0.25, 0.3) is 5.91 Å². The molecular formula is C21H18FN5O. The zero-order chi connectivity index (χ0) is 19.3. The summed E-state index contributed by atoms with van der Waals surface area (Å²) in [6.07, 6.45) is 5.53. The summed E-state index contributed by atoms with van der Waals surface area (Å²) in [5.74, 6) is -0.509. The van der Waals surface area contributed by atoms with Gasteiger partial charge in [0, 0.05) is 18.9 Å². The van der Waals surface area contributed by atoms with Crippen LogP contribution >= 0.6 is 0 Å². The quantitative estimate of drug-likeness (QED) is 0.562. The Balaban J connectivity index is 1.42. The second-order valence-electron chi connectivity index (χ2n) is 6.40. The van der Waals surface area contributed by atoms with E-state index in [4.69, 9.17) is 0 Å². The fourth-order valence-electron chi connectivity index (χ4n) is 2.97. The largest absolute Gasteiger partial charge is 0.352 e. The minimum Gasteiger partial charge on any atom is -0.352 e. The van der Waals surface area contributed by atoms with E-state index in [9.17, 15) is 9.18 Å². The monoisotopic (exact) mass is 375 g/mol. The number of nitrogens with one attached hydrogen (secondary N) is 1. The topological polar surface area (TPSA) is 72.7 Å². The molecule has 0 radical (unpaired) electrons. The molecule has 3 aromatic heterocycles. The highest BCUT2D eigenvalue weighted by Gasteiger charge is 2.11. The number of carbonyl (C=O) groups is 1. The van der Waals surface area contributed by atoms with Crippen molar-refractivity contribution in [2.45, 2.75) is 13.0 Å². The first-order valence-corrected chi connectivity index (χ1v) is 8.92. The van der Waals surface area contributed by atoms with Gasteiger partial charge in [-0.2, -0.15) is 0 Å². The van der Waals surface area contributed by atoms with Crippen LogP contribution in [0.1, 0.15) is 21.6 Å². The Bertz CT molecular complexity index is 1110. The molecule has 1 amide bonds. The van der Waals surface area contributed by atoms with Gasteiger partial charge in [0.15, 0.2) is 5.65 Å². The SMILES string of the molecule is O=C(NCCc1cccc(F)c1)c1cnc2c(c1)ncn2Cc1ccccn1. The van der Waals surface area contributed by atoms with E-state index < -0.39 is 0 Å². The van der Waals surface area contributed by atoms with E-state index in [1.165, 1.54) is 18.3 Å². The fraction of sp³-hybridized carbons (Fsp3) is 0.143. The average molecular weight is 375 g/mol. The molecule has 0 saturated heterocycles. The lowest BCUT2D eigenvalue weighted by molar-refractivity contribution is 0.0954. The Morgan fingerprint density at radius 1 is 1.07 bits per heavy atom. The normalized spacial score (nSPS) is 10.9. The maximum absolute atomic E-state index is 13.2. The van der Waals surface area contributed by atoms with Gasteiger partial charge < -0.3 is 9.88 Å². The van der Waals surface area contributed by atoms with Crippen molar-refractivity contribution in [3.05, 3.63) is 89.9 Å². The van der Waals surface area contributed by atoms with Crippen LogP contribution in [0.15, 0.2) is 67.3 Å². The third-order valence-electron chi connectivity index (χ3n) is 4.36. The molecule has 0 bridgehead atoms. The van der Waals surface area contributed by atoms with Crippen molar-refractivity contribution in [2.75, 3.05) is 6.54 Å². The van der Waals surface area contributed by atoms with E-state index in [1.807, 2.05) is 28.8 Å². The lowest BCUT2D eigenvalue weighted by atomic mass is 10.1. The van der Waals surface area contributed by atoms with Crippen molar-refractivity contribution in [1.29, 1.82) is 0 Å². The van der Waals surface area contributed by atoms with Gasteiger partial charge in [0.05, 0.1) is 24.1 Å². The summed E-state index contributed by atoms with van der Waals surface area (Å²) in [5, 5.41) is 2.83. The molecule has 1 aromatic carbocycles. The Labute approximate surface area is 161 Å². The van der Waals surface area contributed by atoms with Gasteiger partial charge in [0.1, 0.15) is 11.3 Å². The number of aromatic nitrogens is 4. The summed E-state index contributed by atoms with van der Waals surface area (Å²) >= 11 is 0. The van der Waals surface area contributed by atoms with Gasteiger partial charge in [0.2, 0.25) is 0 Å². The molecule has 3 heterocycles. The van der Waals surface area contributed by atoms with Crippen LogP contribution in [0.5, 0.6) is 0 Å². The second kappa shape index (κ2) is 7.96. The van der Waals surface area contributed by atoms with E-state index >= 15 is 0 Å². The molecule has 28 heavy (non-hydrogen) atoms. The van der Waals surface area contributed by atoms with Crippen LogP contribution in [0, 0.1) is 5.82 Å². The predicted octanol–water partition coefficient (Wildman–Crippen LogP) is 2.99. The molecule has 1 N–H and O–H groups in total. The highest BCUT2D eigenvalue weighted by Crippen LogP contribution is 2.13. The highest BCUT2D eigenvalue weighted by atomic mass is 19.1. The number of carbonyl (C=O) groups excluding carboxylic acids is 1. The van der Waals surface area contributed by atoms with Crippen LogP contribution in [0.25, 0.3) is 11.2 Å². The molecular weight excluding hydrogens is 357 g/mol. The number of pyridine rings is 2. The fourth-order valence-corrected chi connectivity index (χ4v) is 2.97. The lowest BCUT2D eigenvalue weighted by Gasteiger charge is -2.06. The minimum absolute atomic E-state index is 0.231. The first kappa shape index (κ1) is 17.8. The molecule has 0 saturated carbocycles. The Morgan fingerprint density at radius 3 is 2.82 bits per heavy atom. The molecule has 4 rings (SSSR count). The summed E-state index contributed by atoms with van der Waals surface area (Å²) in [6.45, 7) is 0.970. The third kappa shape index (κ3) is 4.03. The number of rotatable bonds is 6. The van der Waals surface area contributed by atoms with Gasteiger partial charge in [-0.25, -0.2) is 14.4 Å². The van der Waals surface area contributed by atoms with E-state index in [0.717, 1.165) is 11.3 Å². The summed E-state index contributed by atoms with van der Waals surface area (Å²) in [4.78, 5) is 25.4. The standard InChI is InChI=1S/C21H18FN5O/c22-17-5-3-4-15(10-17)7-9-24-21(28)16-11-19-20(25-12-16)27(14-26-19)13-18-6-1-2-8-23-18/h1-6,8,10-12,14H,7,9,13H2,(H,24,28). The second-order valence-corrected chi connectivity index (χ2v) is 6.40. The molecule has 0 aliphatic carbocycles. The first-order chi connectivity index (χ1) is 13.7. The number of halogens is 1. The molecule has 140 valence electrons. The van der Waals surface area contributed by atoms with E-state index in [-0.39, 0.29) is 11.7 Å². The van der Waals surface area contributed by atoms with Gasteiger partial charge in [-0.05, 0) is 42.3 Å². The summed E-state index contributed by atoms with van der Waals surface area (Å²) in [7, 11) is 0. The Hall–Kier alpha value is -3.61. The molecule has 0 spiro atoms. The van der Waals surface area contributed by atoms with Gasteiger partial charge in [-0.15, -0.1) is 0 Å². The van der Waals surface area contributed by atoms with Crippen LogP contribution in [0.3, 0.4) is 0 Å². The minimum atomic E-state index is -0.278. The van der Waals surface area contributed by atoms with Crippen LogP contribution in [0.2, 0.25) is 0 Å². The molecule has 6 nitrogen and oxygen atoms in total. The van der Waals surface area contributed by atoms with Crippen LogP contribution in [-0.2, 0) is 13.0 Å². The van der Waals surface area contributed by atoms with Crippen LogP contribution in [-0.4, -0.2) is 32.0 Å². The number of fused-ring (bicyclic) bond motifs is 1. The Kier molecular flexibility index (Phi) is 5.05. The van der Waals surface area contributed by atoms with Gasteiger partial charge in [-0.3, -0.25) is 9.78 Å². The molecule has 0 aliphatic heterocycles. The molecule has 0 unspecified atom stereocenters. The van der Waals surface area contributed by atoms with E-state index in [0.29, 0.717) is 36.2 Å². The zero-order valence-corrected chi connectivity index (χ0v) is 15.0. The maximum atomic E-state index is 13.2. The summed E-state index contributed by atoms with van der Waals surface area (Å²) in [6, 6.07) is 13.8. The summed E-state index contributed by atoms with van der Waals surface area (Å²) < 4.78 is 15.1. The van der Waals surface area contributed by atoms with E-state index in [2.05, 4.69) is 20.3 Å². The smallest absolute Gasteiger partial charge is 0.252 e. The van der Waals surface area contributed by atoms with Crippen molar-refractivity contribution in [3.63, 3.8) is 0 Å². The van der Waals surface area contributed by atoms with Gasteiger partial charge in [-0.1, -0.05) is 18.2 Å². The number of nitrogens with zero attached hydrogens (tertiary/aromatic N) is 4. The molecule has 0 atom stereocenters. The van der Waals surface area contributed by atoms with Crippen molar-refractivity contribution in [1.82, 2.24) is 24.8 Å². The van der Waals surface area contributed by atoms with Crippen molar-refractivity contribution in [2.24, 2.45) is 0 Å². The molecule has 0 aliphatic rings. The van der Waals surface area contributed by atoms with E-state index in [1.54, 1.807) is 24.7 Å². The number of hydrogen-bond donors (Lipinski definition) is 1. The maximum Gasteiger partial charge on any atom is 0.252 e. The molecule has 7 heteroatoms. The molecule has 0 fully saturated rings. The number of amides is 1. The average Bonchev–Trinajstić information content (AvgIpc) is 3.11. The number of hydrogen-bond acceptors (Lipinski definition) is 4. The lowest BCUT2D eigenvalue weighted by Crippen LogP contribution is -2.25. The first-order valence-electron chi connectivity index (χ1n) is 8.92. The predicted molar refractivity (Wildman–Crippen MR) is 103 cm³/mol. The van der Waals surface area contributed by atoms with Gasteiger partial charge >= 0.3 is 0 Å². The van der Waals surface area contributed by atoms with Crippen molar-refractivity contribution < 1.29 is 9.18 Å². The summed E-state index contributed by atoms with van der Waals surface area (Å²) in [5.41, 5.74) is 3.52. The number of benzene rings is 1. The van der Waals surface area contributed by atoms with Crippen LogP contribution in [0.4, 0.5) is 4.39 Å². The Morgan fingerprint density at radius 2 is 2.00 bits per heavy atom. The van der Waals surface area contributed by atoms with Crippen molar-refractivity contribution >= 4 is 17.1 Å².